The molecule has 17 heavy (non-hydrogen) atoms. The zero-order valence-corrected chi connectivity index (χ0v) is 9.31. The SMILES string of the molecule is O=C(NC1(CO)CCC1)c1cc(O)cc(O)c1. The van der Waals surface area contributed by atoms with E-state index < -0.39 is 11.4 Å². The first-order chi connectivity index (χ1) is 8.04. The summed E-state index contributed by atoms with van der Waals surface area (Å²) in [6.45, 7) is -0.0937. The summed E-state index contributed by atoms with van der Waals surface area (Å²) in [6.07, 6.45) is 2.48. The van der Waals surface area contributed by atoms with Gasteiger partial charge in [0.25, 0.3) is 5.91 Å². The highest BCUT2D eigenvalue weighted by atomic mass is 16.3. The van der Waals surface area contributed by atoms with Crippen LogP contribution in [0.15, 0.2) is 18.2 Å². The van der Waals surface area contributed by atoms with Crippen molar-refractivity contribution in [2.75, 3.05) is 6.61 Å². The van der Waals surface area contributed by atoms with Gasteiger partial charge in [-0.2, -0.15) is 0 Å². The van der Waals surface area contributed by atoms with Crippen LogP contribution in [-0.2, 0) is 0 Å². The Labute approximate surface area is 98.7 Å². The lowest BCUT2D eigenvalue weighted by Gasteiger charge is -2.40. The zero-order chi connectivity index (χ0) is 12.5. The molecular weight excluding hydrogens is 222 g/mol. The van der Waals surface area contributed by atoms with E-state index in [2.05, 4.69) is 5.32 Å². The number of nitrogens with one attached hydrogen (secondary N) is 1. The fourth-order valence-electron chi connectivity index (χ4n) is 1.97. The molecule has 0 spiro atoms. The highest BCUT2D eigenvalue weighted by Crippen LogP contribution is 2.31. The van der Waals surface area contributed by atoms with Gasteiger partial charge in [-0.05, 0) is 31.4 Å². The van der Waals surface area contributed by atoms with Crippen molar-refractivity contribution in [2.24, 2.45) is 0 Å². The zero-order valence-electron chi connectivity index (χ0n) is 9.31. The summed E-state index contributed by atoms with van der Waals surface area (Å²) in [5.74, 6) is -0.728. The topological polar surface area (TPSA) is 89.8 Å². The summed E-state index contributed by atoms with van der Waals surface area (Å²) < 4.78 is 0. The van der Waals surface area contributed by atoms with Crippen LogP contribution in [0.25, 0.3) is 0 Å². The molecule has 0 saturated heterocycles. The van der Waals surface area contributed by atoms with Crippen molar-refractivity contribution in [3.63, 3.8) is 0 Å². The van der Waals surface area contributed by atoms with Gasteiger partial charge in [-0.15, -0.1) is 0 Å². The molecule has 1 aromatic carbocycles. The fourth-order valence-corrected chi connectivity index (χ4v) is 1.97. The molecule has 1 saturated carbocycles. The minimum atomic E-state index is -0.530. The van der Waals surface area contributed by atoms with Gasteiger partial charge in [-0.3, -0.25) is 4.79 Å². The Kier molecular flexibility index (Phi) is 2.93. The van der Waals surface area contributed by atoms with E-state index >= 15 is 0 Å². The van der Waals surface area contributed by atoms with E-state index in [9.17, 15) is 20.1 Å². The van der Waals surface area contributed by atoms with E-state index in [0.717, 1.165) is 25.3 Å². The number of aliphatic hydroxyl groups is 1. The first-order valence-electron chi connectivity index (χ1n) is 5.51. The first kappa shape index (κ1) is 11.7. The standard InChI is InChI=1S/C12H15NO4/c14-7-12(2-1-3-12)13-11(17)8-4-9(15)6-10(16)5-8/h4-6,14-16H,1-3,7H2,(H,13,17). The molecule has 2 rings (SSSR count). The minimum absolute atomic E-state index is 0.0937. The Morgan fingerprint density at radius 3 is 2.24 bits per heavy atom. The van der Waals surface area contributed by atoms with Gasteiger partial charge < -0.3 is 20.6 Å². The summed E-state index contributed by atoms with van der Waals surface area (Å²) in [6, 6.07) is 3.71. The van der Waals surface area contributed by atoms with Crippen molar-refractivity contribution in [2.45, 2.75) is 24.8 Å². The molecule has 1 amide bonds. The molecule has 5 nitrogen and oxygen atoms in total. The Hall–Kier alpha value is -1.75. The van der Waals surface area contributed by atoms with Crippen LogP contribution in [0, 0.1) is 0 Å². The van der Waals surface area contributed by atoms with Crippen LogP contribution in [0.3, 0.4) is 0 Å². The van der Waals surface area contributed by atoms with Gasteiger partial charge in [0.05, 0.1) is 12.1 Å². The van der Waals surface area contributed by atoms with E-state index in [1.54, 1.807) is 0 Å². The highest BCUT2D eigenvalue weighted by molar-refractivity contribution is 5.95. The molecule has 1 aliphatic carbocycles. The number of amides is 1. The smallest absolute Gasteiger partial charge is 0.252 e. The summed E-state index contributed by atoms with van der Waals surface area (Å²) in [7, 11) is 0. The minimum Gasteiger partial charge on any atom is -0.508 e. The maximum Gasteiger partial charge on any atom is 0.252 e. The molecule has 5 heteroatoms. The largest absolute Gasteiger partial charge is 0.508 e. The van der Waals surface area contributed by atoms with Gasteiger partial charge in [-0.1, -0.05) is 0 Å². The summed E-state index contributed by atoms with van der Waals surface area (Å²) in [5.41, 5.74) is -0.347. The lowest BCUT2D eigenvalue weighted by molar-refractivity contribution is 0.0641. The second kappa shape index (κ2) is 4.25. The van der Waals surface area contributed by atoms with Crippen molar-refractivity contribution in [1.29, 1.82) is 0 Å². The molecule has 0 unspecified atom stereocenters. The molecule has 0 aliphatic heterocycles. The number of hydrogen-bond acceptors (Lipinski definition) is 4. The van der Waals surface area contributed by atoms with Gasteiger partial charge in [0.15, 0.2) is 0 Å². The molecule has 0 atom stereocenters. The van der Waals surface area contributed by atoms with E-state index in [4.69, 9.17) is 0 Å². The Balaban J connectivity index is 2.14. The third kappa shape index (κ3) is 2.34. The van der Waals surface area contributed by atoms with Gasteiger partial charge in [-0.25, -0.2) is 0 Å². The molecule has 92 valence electrons. The van der Waals surface area contributed by atoms with Crippen molar-refractivity contribution >= 4 is 5.91 Å². The molecule has 1 aromatic rings. The van der Waals surface area contributed by atoms with E-state index in [1.807, 2.05) is 0 Å². The fraction of sp³-hybridized carbons (Fsp3) is 0.417. The van der Waals surface area contributed by atoms with Crippen molar-refractivity contribution in [3.8, 4) is 11.5 Å². The Morgan fingerprint density at radius 2 is 1.82 bits per heavy atom. The van der Waals surface area contributed by atoms with Gasteiger partial charge in [0, 0.05) is 11.6 Å². The normalized spacial score (nSPS) is 17.2. The van der Waals surface area contributed by atoms with Crippen LogP contribution in [0.1, 0.15) is 29.6 Å². The molecule has 0 bridgehead atoms. The average Bonchev–Trinajstić information content (AvgIpc) is 2.21. The highest BCUT2D eigenvalue weighted by Gasteiger charge is 2.37. The van der Waals surface area contributed by atoms with Crippen LogP contribution < -0.4 is 5.32 Å². The Morgan fingerprint density at radius 1 is 1.24 bits per heavy atom. The maximum absolute atomic E-state index is 11.9. The van der Waals surface area contributed by atoms with Crippen molar-refractivity contribution < 1.29 is 20.1 Å². The van der Waals surface area contributed by atoms with E-state index in [1.165, 1.54) is 12.1 Å². The third-order valence-electron chi connectivity index (χ3n) is 3.16. The predicted octanol–water partition coefficient (Wildman–Crippen LogP) is 0.743. The Bertz CT molecular complexity index is 414. The maximum atomic E-state index is 11.9. The average molecular weight is 237 g/mol. The van der Waals surface area contributed by atoms with Crippen molar-refractivity contribution in [3.05, 3.63) is 23.8 Å². The van der Waals surface area contributed by atoms with Crippen molar-refractivity contribution in [1.82, 2.24) is 5.32 Å². The number of phenolic OH excluding ortho intramolecular Hbond substituents is 2. The summed E-state index contributed by atoms with van der Waals surface area (Å²) in [5, 5.41) is 30.5. The summed E-state index contributed by atoms with van der Waals surface area (Å²) in [4.78, 5) is 11.9. The molecule has 0 heterocycles. The predicted molar refractivity (Wildman–Crippen MR) is 60.9 cm³/mol. The third-order valence-corrected chi connectivity index (χ3v) is 3.16. The molecular formula is C12H15NO4. The lowest BCUT2D eigenvalue weighted by Crippen LogP contribution is -2.56. The van der Waals surface area contributed by atoms with E-state index in [0.29, 0.717) is 0 Å². The monoisotopic (exact) mass is 237 g/mol. The van der Waals surface area contributed by atoms with Crippen LogP contribution in [0.2, 0.25) is 0 Å². The lowest BCUT2D eigenvalue weighted by atomic mass is 9.77. The summed E-state index contributed by atoms with van der Waals surface area (Å²) >= 11 is 0. The number of hydrogen-bond donors (Lipinski definition) is 4. The van der Waals surface area contributed by atoms with Gasteiger partial charge >= 0.3 is 0 Å². The quantitative estimate of drug-likeness (QED) is 0.624. The number of aliphatic hydroxyl groups excluding tert-OH is 1. The van der Waals surface area contributed by atoms with Crippen LogP contribution >= 0.6 is 0 Å². The number of benzene rings is 1. The number of aromatic hydroxyl groups is 2. The van der Waals surface area contributed by atoms with Crippen LogP contribution in [0.4, 0.5) is 0 Å². The molecule has 0 radical (unpaired) electrons. The second-order valence-electron chi connectivity index (χ2n) is 4.48. The first-order valence-corrected chi connectivity index (χ1v) is 5.51. The number of carbonyl (C=O) groups is 1. The number of rotatable bonds is 3. The van der Waals surface area contributed by atoms with Crippen LogP contribution in [-0.4, -0.2) is 33.4 Å². The molecule has 0 aromatic heterocycles. The molecule has 4 N–H and O–H groups in total. The van der Waals surface area contributed by atoms with E-state index in [-0.39, 0.29) is 23.7 Å². The number of carbonyl (C=O) groups excluding carboxylic acids is 1. The van der Waals surface area contributed by atoms with Crippen LogP contribution in [0.5, 0.6) is 11.5 Å². The molecule has 1 fully saturated rings. The van der Waals surface area contributed by atoms with Gasteiger partial charge in [0.2, 0.25) is 0 Å². The number of phenols is 2. The van der Waals surface area contributed by atoms with Gasteiger partial charge in [0.1, 0.15) is 11.5 Å². The molecule has 1 aliphatic rings. The second-order valence-corrected chi connectivity index (χ2v) is 4.48.